The second-order valence-corrected chi connectivity index (χ2v) is 6.99. The van der Waals surface area contributed by atoms with Crippen molar-refractivity contribution in [1.29, 1.82) is 0 Å². The maximum absolute atomic E-state index is 12.2. The summed E-state index contributed by atoms with van der Waals surface area (Å²) in [7, 11) is 0. The summed E-state index contributed by atoms with van der Waals surface area (Å²) < 4.78 is 5.37. The molecule has 0 radical (unpaired) electrons. The van der Waals surface area contributed by atoms with Gasteiger partial charge in [-0.15, -0.1) is 11.3 Å². The molecule has 0 aliphatic carbocycles. The summed E-state index contributed by atoms with van der Waals surface area (Å²) >= 11 is 1.20. The predicted molar refractivity (Wildman–Crippen MR) is 95.9 cm³/mol. The molecule has 1 aliphatic heterocycles. The first-order valence-corrected chi connectivity index (χ1v) is 9.11. The lowest BCUT2D eigenvalue weighted by Crippen LogP contribution is -2.26. The van der Waals surface area contributed by atoms with Crippen molar-refractivity contribution in [3.05, 3.63) is 34.7 Å². The molecule has 1 aromatic carbocycles. The monoisotopic (exact) mass is 360 g/mol. The van der Waals surface area contributed by atoms with Crippen molar-refractivity contribution in [3.63, 3.8) is 0 Å². The van der Waals surface area contributed by atoms with Gasteiger partial charge in [-0.1, -0.05) is 31.2 Å². The Morgan fingerprint density at radius 1 is 1.36 bits per heavy atom. The van der Waals surface area contributed by atoms with E-state index < -0.39 is 12.1 Å². The normalized spacial score (nSPS) is 16.8. The van der Waals surface area contributed by atoms with Crippen molar-refractivity contribution in [2.45, 2.75) is 38.7 Å². The number of nitrogens with zero attached hydrogens (tertiary/aromatic N) is 1. The van der Waals surface area contributed by atoms with Crippen LogP contribution >= 0.6 is 11.3 Å². The molecular weight excluding hydrogens is 340 g/mol. The molecule has 2 N–H and O–H groups in total. The number of ether oxygens (including phenoxy) is 1. The molecule has 2 heterocycles. The summed E-state index contributed by atoms with van der Waals surface area (Å²) in [6.07, 6.45) is 1.93. The van der Waals surface area contributed by atoms with Gasteiger partial charge in [-0.05, 0) is 24.8 Å². The summed E-state index contributed by atoms with van der Waals surface area (Å²) in [5.41, 5.74) is 2.66. The number of hydrogen-bond donors (Lipinski definition) is 2. The third-order valence-corrected chi connectivity index (χ3v) is 5.07. The van der Waals surface area contributed by atoms with Crippen molar-refractivity contribution in [2.75, 3.05) is 11.9 Å². The van der Waals surface area contributed by atoms with Crippen LogP contribution in [0.25, 0.3) is 11.3 Å². The van der Waals surface area contributed by atoms with Gasteiger partial charge in [0.25, 0.3) is 5.91 Å². The van der Waals surface area contributed by atoms with Gasteiger partial charge in [0, 0.05) is 17.0 Å². The average Bonchev–Trinajstić information content (AvgIpc) is 3.24. The Kier molecular flexibility index (Phi) is 5.45. The number of carboxylic acids is 1. The van der Waals surface area contributed by atoms with Gasteiger partial charge >= 0.3 is 5.97 Å². The lowest BCUT2D eigenvalue weighted by Gasteiger charge is -2.07. The Morgan fingerprint density at radius 2 is 2.12 bits per heavy atom. The summed E-state index contributed by atoms with van der Waals surface area (Å²) in [5.74, 6) is -1.15. The van der Waals surface area contributed by atoms with Crippen molar-refractivity contribution in [3.8, 4) is 11.3 Å². The Hall–Kier alpha value is -2.25. The number of rotatable bonds is 6. The lowest BCUT2D eigenvalue weighted by molar-refractivity contribution is -0.136. The fourth-order valence-electron chi connectivity index (χ4n) is 2.76. The number of aromatic nitrogens is 1. The van der Waals surface area contributed by atoms with Gasteiger partial charge in [0.1, 0.15) is 6.10 Å². The van der Waals surface area contributed by atoms with Gasteiger partial charge in [0.15, 0.2) is 5.13 Å². The van der Waals surface area contributed by atoms with E-state index in [1.54, 1.807) is 0 Å². The first-order valence-electron chi connectivity index (χ1n) is 8.30. The minimum atomic E-state index is -0.924. The zero-order valence-electron chi connectivity index (χ0n) is 13.9. The Morgan fingerprint density at radius 3 is 2.72 bits per heavy atom. The maximum atomic E-state index is 12.2. The van der Waals surface area contributed by atoms with Crippen LogP contribution in [0.1, 0.15) is 30.2 Å². The van der Waals surface area contributed by atoms with Gasteiger partial charge in [0.05, 0.1) is 12.1 Å². The molecule has 2 aromatic rings. The van der Waals surface area contributed by atoms with E-state index in [-0.39, 0.29) is 12.3 Å². The van der Waals surface area contributed by atoms with Crippen LogP contribution in [-0.2, 0) is 27.2 Å². The summed E-state index contributed by atoms with van der Waals surface area (Å²) in [6, 6.07) is 7.88. The number of carbonyl (C=O) groups excluding carboxylic acids is 1. The first kappa shape index (κ1) is 17.6. The highest BCUT2D eigenvalue weighted by molar-refractivity contribution is 7.16. The molecule has 0 spiro atoms. The summed E-state index contributed by atoms with van der Waals surface area (Å²) in [4.78, 5) is 28.4. The molecule has 3 rings (SSSR count). The highest BCUT2D eigenvalue weighted by Gasteiger charge is 2.25. The van der Waals surface area contributed by atoms with E-state index in [0.717, 1.165) is 18.4 Å². The number of aryl methyl sites for hydroxylation is 1. The quantitative estimate of drug-likeness (QED) is 0.826. The van der Waals surface area contributed by atoms with Crippen molar-refractivity contribution in [1.82, 2.24) is 4.98 Å². The van der Waals surface area contributed by atoms with E-state index in [1.807, 2.05) is 24.3 Å². The van der Waals surface area contributed by atoms with Crippen LogP contribution < -0.4 is 5.32 Å². The standard InChI is InChI=1S/C18H20N2O4S/c1-2-11-5-7-12(8-6-11)16-14(10-15(21)22)25-18(19-16)20-17(23)13-4-3-9-24-13/h5-8,13H,2-4,9-10H2,1H3,(H,21,22)(H,19,20,23). The van der Waals surface area contributed by atoms with Crippen LogP contribution in [0.4, 0.5) is 5.13 Å². The highest BCUT2D eigenvalue weighted by atomic mass is 32.1. The van der Waals surface area contributed by atoms with E-state index >= 15 is 0 Å². The van der Waals surface area contributed by atoms with Crippen LogP contribution in [0.2, 0.25) is 0 Å². The third-order valence-electron chi connectivity index (χ3n) is 4.10. The number of amides is 1. The molecule has 7 heteroatoms. The molecule has 1 fully saturated rings. The highest BCUT2D eigenvalue weighted by Crippen LogP contribution is 2.32. The SMILES string of the molecule is CCc1ccc(-c2nc(NC(=O)C3CCCO3)sc2CC(=O)O)cc1. The molecule has 1 atom stereocenters. The molecule has 1 amide bonds. The second kappa shape index (κ2) is 7.76. The average molecular weight is 360 g/mol. The van der Waals surface area contributed by atoms with Crippen LogP contribution in [-0.4, -0.2) is 34.7 Å². The van der Waals surface area contributed by atoms with Crippen LogP contribution in [0.5, 0.6) is 0 Å². The Labute approximate surface area is 149 Å². The van der Waals surface area contributed by atoms with Gasteiger partial charge in [0.2, 0.25) is 0 Å². The number of thiazole rings is 1. The molecular formula is C18H20N2O4S. The smallest absolute Gasteiger partial charge is 0.308 e. The number of benzene rings is 1. The molecule has 1 aromatic heterocycles. The van der Waals surface area contributed by atoms with Crippen LogP contribution in [0.3, 0.4) is 0 Å². The van der Waals surface area contributed by atoms with Gasteiger partial charge in [-0.3, -0.25) is 14.9 Å². The zero-order chi connectivity index (χ0) is 17.8. The van der Waals surface area contributed by atoms with E-state index in [0.29, 0.717) is 28.7 Å². The third kappa shape index (κ3) is 4.24. The number of carboxylic acid groups (broad SMARTS) is 1. The molecule has 132 valence electrons. The van der Waals surface area contributed by atoms with Crippen molar-refractivity contribution in [2.24, 2.45) is 0 Å². The summed E-state index contributed by atoms with van der Waals surface area (Å²) in [5, 5.41) is 12.3. The number of carbonyl (C=O) groups is 2. The molecule has 1 aliphatic rings. The fourth-order valence-corrected chi connectivity index (χ4v) is 3.73. The first-order chi connectivity index (χ1) is 12.1. The number of anilines is 1. The minimum absolute atomic E-state index is 0.127. The molecule has 1 unspecified atom stereocenters. The number of nitrogens with one attached hydrogen (secondary N) is 1. The van der Waals surface area contributed by atoms with E-state index in [1.165, 1.54) is 16.9 Å². The van der Waals surface area contributed by atoms with Crippen LogP contribution in [0, 0.1) is 0 Å². The van der Waals surface area contributed by atoms with Crippen molar-refractivity contribution < 1.29 is 19.4 Å². The maximum Gasteiger partial charge on any atom is 0.308 e. The van der Waals surface area contributed by atoms with E-state index in [9.17, 15) is 9.59 Å². The zero-order valence-corrected chi connectivity index (χ0v) is 14.8. The van der Waals surface area contributed by atoms with Gasteiger partial charge in [-0.25, -0.2) is 4.98 Å². The van der Waals surface area contributed by atoms with Gasteiger partial charge in [-0.2, -0.15) is 0 Å². The van der Waals surface area contributed by atoms with Crippen LogP contribution in [0.15, 0.2) is 24.3 Å². The number of aliphatic carboxylic acids is 1. The molecule has 1 saturated heterocycles. The van der Waals surface area contributed by atoms with E-state index in [4.69, 9.17) is 9.84 Å². The van der Waals surface area contributed by atoms with Crippen molar-refractivity contribution >= 4 is 28.3 Å². The minimum Gasteiger partial charge on any atom is -0.481 e. The second-order valence-electron chi connectivity index (χ2n) is 5.90. The fraction of sp³-hybridized carbons (Fsp3) is 0.389. The van der Waals surface area contributed by atoms with Gasteiger partial charge < -0.3 is 9.84 Å². The lowest BCUT2D eigenvalue weighted by atomic mass is 10.1. The molecule has 6 nitrogen and oxygen atoms in total. The largest absolute Gasteiger partial charge is 0.481 e. The topological polar surface area (TPSA) is 88.5 Å². The Balaban J connectivity index is 1.85. The molecule has 25 heavy (non-hydrogen) atoms. The predicted octanol–water partition coefficient (Wildman–Crippen LogP) is 3.12. The Bertz CT molecular complexity index is 764. The van der Waals surface area contributed by atoms with E-state index in [2.05, 4.69) is 17.2 Å². The molecule has 0 bridgehead atoms. The number of hydrogen-bond acceptors (Lipinski definition) is 5. The summed E-state index contributed by atoms with van der Waals surface area (Å²) in [6.45, 7) is 2.67. The molecule has 0 saturated carbocycles.